The molecular weight excluding hydrogens is 216 g/mol. The lowest BCUT2D eigenvalue weighted by atomic mass is 10.1. The van der Waals surface area contributed by atoms with E-state index < -0.39 is 0 Å². The summed E-state index contributed by atoms with van der Waals surface area (Å²) in [5.41, 5.74) is 7.16. The van der Waals surface area contributed by atoms with Crippen molar-refractivity contribution in [2.45, 2.75) is 19.4 Å². The van der Waals surface area contributed by atoms with Gasteiger partial charge in [-0.15, -0.1) is 11.3 Å². The molecule has 2 N–H and O–H groups in total. The number of rotatable bonds is 3. The number of benzene rings is 1. The predicted molar refractivity (Wildman–Crippen MR) is 73.4 cm³/mol. The van der Waals surface area contributed by atoms with Crippen molar-refractivity contribution in [1.82, 2.24) is 0 Å². The zero-order chi connectivity index (χ0) is 11.8. The molecule has 0 aliphatic heterocycles. The molecule has 0 unspecified atom stereocenters. The van der Waals surface area contributed by atoms with Gasteiger partial charge in [-0.3, -0.25) is 0 Å². The molecule has 1 aromatic carbocycles. The summed E-state index contributed by atoms with van der Waals surface area (Å²) in [5, 5.41) is 3.52. The third kappa shape index (κ3) is 2.36. The fraction of sp³-hybridized carbons (Fsp3) is 0.385. The number of hydrogen-bond acceptors (Lipinski definition) is 3. The van der Waals surface area contributed by atoms with E-state index in [1.165, 1.54) is 15.8 Å². The minimum Gasteiger partial charge on any atom is -0.372 e. The van der Waals surface area contributed by atoms with Gasteiger partial charge >= 0.3 is 0 Å². The highest BCUT2D eigenvalue weighted by Crippen LogP contribution is 2.32. The van der Waals surface area contributed by atoms with Crippen molar-refractivity contribution >= 4 is 27.1 Å². The van der Waals surface area contributed by atoms with Crippen molar-refractivity contribution in [3.63, 3.8) is 0 Å². The number of anilines is 1. The van der Waals surface area contributed by atoms with Gasteiger partial charge in [-0.05, 0) is 19.9 Å². The molecule has 0 saturated heterocycles. The van der Waals surface area contributed by atoms with Crippen molar-refractivity contribution in [2.24, 2.45) is 5.73 Å². The molecule has 0 bridgehead atoms. The Bertz CT molecular complexity index is 482. The Kier molecular flexibility index (Phi) is 2.91. The Labute approximate surface area is 101 Å². The van der Waals surface area contributed by atoms with Crippen LogP contribution < -0.4 is 10.6 Å². The first kappa shape index (κ1) is 11.4. The number of thiophene rings is 1. The molecule has 0 aliphatic rings. The highest BCUT2D eigenvalue weighted by atomic mass is 32.1. The van der Waals surface area contributed by atoms with E-state index in [9.17, 15) is 0 Å². The van der Waals surface area contributed by atoms with Crippen LogP contribution in [0.1, 0.15) is 13.8 Å². The van der Waals surface area contributed by atoms with Crippen LogP contribution in [-0.2, 0) is 0 Å². The molecule has 16 heavy (non-hydrogen) atoms. The normalized spacial score (nSPS) is 12.0. The van der Waals surface area contributed by atoms with E-state index in [1.807, 2.05) is 0 Å². The van der Waals surface area contributed by atoms with Crippen molar-refractivity contribution < 1.29 is 0 Å². The molecule has 1 heterocycles. The molecule has 0 radical (unpaired) electrons. The lowest BCUT2D eigenvalue weighted by molar-refractivity contribution is 0.520. The Morgan fingerprint density at radius 2 is 2.00 bits per heavy atom. The molecule has 0 atom stereocenters. The van der Waals surface area contributed by atoms with Crippen LogP contribution in [-0.4, -0.2) is 19.1 Å². The fourth-order valence-electron chi connectivity index (χ4n) is 1.96. The molecule has 0 aliphatic carbocycles. The zero-order valence-electron chi connectivity index (χ0n) is 10.0. The quantitative estimate of drug-likeness (QED) is 0.884. The number of nitrogens with two attached hydrogens (primary N) is 1. The molecule has 0 saturated carbocycles. The van der Waals surface area contributed by atoms with Gasteiger partial charge in [-0.2, -0.15) is 0 Å². The van der Waals surface area contributed by atoms with E-state index in [4.69, 9.17) is 5.73 Å². The molecule has 0 amide bonds. The van der Waals surface area contributed by atoms with Crippen LogP contribution in [0.15, 0.2) is 29.6 Å². The summed E-state index contributed by atoms with van der Waals surface area (Å²) in [6.07, 6.45) is 0. The molecule has 2 aromatic rings. The van der Waals surface area contributed by atoms with Gasteiger partial charge in [-0.25, -0.2) is 0 Å². The van der Waals surface area contributed by atoms with Gasteiger partial charge in [0.15, 0.2) is 0 Å². The fourth-order valence-corrected chi connectivity index (χ4v) is 2.96. The van der Waals surface area contributed by atoms with Crippen molar-refractivity contribution in [1.29, 1.82) is 0 Å². The largest absolute Gasteiger partial charge is 0.372 e. The predicted octanol–water partition coefficient (Wildman–Crippen LogP) is 3.07. The summed E-state index contributed by atoms with van der Waals surface area (Å²) in [5.74, 6) is 0. The minimum atomic E-state index is -0.169. The molecule has 1 aromatic heterocycles. The van der Waals surface area contributed by atoms with Crippen LogP contribution in [0.4, 0.5) is 5.69 Å². The number of likely N-dealkylation sites (N-methyl/N-ethyl adjacent to an activating group) is 1. The maximum atomic E-state index is 6.05. The summed E-state index contributed by atoms with van der Waals surface area (Å²) in [6.45, 7) is 4.96. The Balaban J connectivity index is 2.33. The second kappa shape index (κ2) is 4.07. The van der Waals surface area contributed by atoms with Crippen LogP contribution in [0.2, 0.25) is 0 Å². The van der Waals surface area contributed by atoms with E-state index in [0.29, 0.717) is 0 Å². The molecule has 2 nitrogen and oxygen atoms in total. The van der Waals surface area contributed by atoms with E-state index in [-0.39, 0.29) is 5.54 Å². The van der Waals surface area contributed by atoms with Crippen LogP contribution >= 0.6 is 11.3 Å². The Morgan fingerprint density at radius 1 is 1.31 bits per heavy atom. The van der Waals surface area contributed by atoms with Gasteiger partial charge < -0.3 is 10.6 Å². The first-order chi connectivity index (χ1) is 7.47. The topological polar surface area (TPSA) is 29.3 Å². The second-order valence-electron chi connectivity index (χ2n) is 4.96. The maximum absolute atomic E-state index is 6.05. The highest BCUT2D eigenvalue weighted by Gasteiger charge is 2.16. The van der Waals surface area contributed by atoms with Crippen LogP contribution in [0.3, 0.4) is 0 Å². The molecule has 2 rings (SSSR count). The zero-order valence-corrected chi connectivity index (χ0v) is 10.8. The second-order valence-corrected chi connectivity index (χ2v) is 5.87. The smallest absolute Gasteiger partial charge is 0.0552 e. The van der Waals surface area contributed by atoms with E-state index in [2.05, 4.69) is 55.4 Å². The lowest BCUT2D eigenvalue weighted by Crippen LogP contribution is -2.43. The van der Waals surface area contributed by atoms with Gasteiger partial charge in [0.05, 0.1) is 5.69 Å². The number of fused-ring (bicyclic) bond motifs is 1. The van der Waals surface area contributed by atoms with Crippen LogP contribution in [0.5, 0.6) is 0 Å². The maximum Gasteiger partial charge on any atom is 0.0552 e. The third-order valence-electron chi connectivity index (χ3n) is 2.52. The summed E-state index contributed by atoms with van der Waals surface area (Å²) < 4.78 is 1.33. The molecule has 3 heteroatoms. The van der Waals surface area contributed by atoms with E-state index in [0.717, 1.165) is 6.54 Å². The molecule has 0 spiro atoms. The van der Waals surface area contributed by atoms with Crippen molar-refractivity contribution in [2.75, 3.05) is 18.5 Å². The molecule has 86 valence electrons. The summed E-state index contributed by atoms with van der Waals surface area (Å²) in [4.78, 5) is 2.23. The monoisotopic (exact) mass is 234 g/mol. The van der Waals surface area contributed by atoms with Gasteiger partial charge in [0.25, 0.3) is 0 Å². The molecule has 0 fully saturated rings. The average molecular weight is 234 g/mol. The van der Waals surface area contributed by atoms with E-state index >= 15 is 0 Å². The van der Waals surface area contributed by atoms with E-state index in [1.54, 1.807) is 11.3 Å². The first-order valence-electron chi connectivity index (χ1n) is 5.44. The first-order valence-corrected chi connectivity index (χ1v) is 6.31. The standard InChI is InChI=1S/C13H18N2S/c1-13(2,14)9-15(3)11-8-16-12-7-5-4-6-10(11)12/h4-8H,9,14H2,1-3H3. The van der Waals surface area contributed by atoms with Crippen molar-refractivity contribution in [3.05, 3.63) is 29.6 Å². The van der Waals surface area contributed by atoms with Gasteiger partial charge in [0.2, 0.25) is 0 Å². The SMILES string of the molecule is CN(CC(C)(C)N)c1csc2ccccc12. The minimum absolute atomic E-state index is 0.169. The van der Waals surface area contributed by atoms with Crippen LogP contribution in [0.25, 0.3) is 10.1 Å². The summed E-state index contributed by atoms with van der Waals surface area (Å²) in [6, 6.07) is 8.49. The summed E-state index contributed by atoms with van der Waals surface area (Å²) >= 11 is 1.79. The summed E-state index contributed by atoms with van der Waals surface area (Å²) in [7, 11) is 2.10. The third-order valence-corrected chi connectivity index (χ3v) is 3.47. The Hall–Kier alpha value is -1.06. The number of hydrogen-bond donors (Lipinski definition) is 1. The van der Waals surface area contributed by atoms with Gasteiger partial charge in [-0.1, -0.05) is 18.2 Å². The van der Waals surface area contributed by atoms with Gasteiger partial charge in [0, 0.05) is 34.6 Å². The Morgan fingerprint density at radius 3 is 2.69 bits per heavy atom. The number of nitrogens with zero attached hydrogens (tertiary/aromatic N) is 1. The van der Waals surface area contributed by atoms with Crippen molar-refractivity contribution in [3.8, 4) is 0 Å². The molecular formula is C13H18N2S. The lowest BCUT2D eigenvalue weighted by Gasteiger charge is -2.27. The highest BCUT2D eigenvalue weighted by molar-refractivity contribution is 7.17. The average Bonchev–Trinajstić information content (AvgIpc) is 2.58. The van der Waals surface area contributed by atoms with Crippen LogP contribution in [0, 0.1) is 0 Å². The van der Waals surface area contributed by atoms with Gasteiger partial charge in [0.1, 0.15) is 0 Å².